The Kier molecular flexibility index (Phi) is 5.33. The van der Waals surface area contributed by atoms with Crippen LogP contribution in [0.25, 0.3) is 0 Å². The number of Topliss-reactive ketones (excluding diaryl/α,β-unsaturated/α-hetero) is 1. The topological polar surface area (TPSA) is 71.8 Å². The van der Waals surface area contributed by atoms with Crippen LogP contribution in [0.15, 0.2) is 54.9 Å². The number of hydrogen-bond donors (Lipinski definition) is 2. The van der Waals surface area contributed by atoms with Crippen molar-refractivity contribution in [2.24, 2.45) is 0 Å². The summed E-state index contributed by atoms with van der Waals surface area (Å²) in [6, 6.07) is 13.5. The van der Waals surface area contributed by atoms with Gasteiger partial charge < -0.3 is 5.32 Å². The Morgan fingerprint density at radius 1 is 1.19 bits per heavy atom. The van der Waals surface area contributed by atoms with Gasteiger partial charge in [-0.05, 0) is 37.3 Å². The van der Waals surface area contributed by atoms with Crippen molar-refractivity contribution in [3.05, 3.63) is 71.8 Å². The molecule has 26 heavy (non-hydrogen) atoms. The standard InChI is InChI=1S/C18H16FN5OS/c1-12(25)13-6-4-7-15(9-13)21-18(26)22-17-20-11-24(23-17)10-14-5-2-3-8-16(14)19/h2-9,11H,10H2,1H3,(H2,21,22,23,26). The van der Waals surface area contributed by atoms with Gasteiger partial charge in [-0.3, -0.25) is 10.1 Å². The van der Waals surface area contributed by atoms with E-state index in [1.807, 2.05) is 0 Å². The third kappa shape index (κ3) is 4.48. The second-order valence-electron chi connectivity index (χ2n) is 5.57. The number of aromatic nitrogens is 3. The number of rotatable bonds is 5. The number of hydrogen-bond acceptors (Lipinski definition) is 4. The summed E-state index contributed by atoms with van der Waals surface area (Å²) in [5.41, 5.74) is 1.79. The minimum atomic E-state index is -0.292. The number of carbonyl (C=O) groups is 1. The Morgan fingerprint density at radius 3 is 2.77 bits per heavy atom. The van der Waals surface area contributed by atoms with Crippen LogP contribution in [0.4, 0.5) is 16.0 Å². The van der Waals surface area contributed by atoms with Crippen LogP contribution in [-0.4, -0.2) is 25.7 Å². The van der Waals surface area contributed by atoms with Crippen LogP contribution in [-0.2, 0) is 6.54 Å². The number of halogens is 1. The molecule has 132 valence electrons. The molecule has 0 spiro atoms. The zero-order valence-electron chi connectivity index (χ0n) is 13.9. The van der Waals surface area contributed by atoms with Crippen LogP contribution < -0.4 is 10.6 Å². The molecule has 0 radical (unpaired) electrons. The van der Waals surface area contributed by atoms with E-state index in [-0.39, 0.29) is 23.3 Å². The summed E-state index contributed by atoms with van der Waals surface area (Å²) >= 11 is 5.23. The molecule has 0 fully saturated rings. The van der Waals surface area contributed by atoms with E-state index in [1.165, 1.54) is 24.0 Å². The summed E-state index contributed by atoms with van der Waals surface area (Å²) < 4.78 is 15.2. The predicted octanol–water partition coefficient (Wildman–Crippen LogP) is 3.48. The van der Waals surface area contributed by atoms with Gasteiger partial charge >= 0.3 is 0 Å². The third-order valence-corrected chi connectivity index (χ3v) is 3.78. The Labute approximate surface area is 155 Å². The van der Waals surface area contributed by atoms with E-state index in [4.69, 9.17) is 12.2 Å². The Morgan fingerprint density at radius 2 is 2.00 bits per heavy atom. The molecule has 0 aliphatic heterocycles. The van der Waals surface area contributed by atoms with Crippen molar-refractivity contribution in [3.8, 4) is 0 Å². The Hall–Kier alpha value is -3.13. The fourth-order valence-corrected chi connectivity index (χ4v) is 2.52. The zero-order valence-corrected chi connectivity index (χ0v) is 14.8. The van der Waals surface area contributed by atoms with Crippen LogP contribution in [0.3, 0.4) is 0 Å². The van der Waals surface area contributed by atoms with Crippen LogP contribution in [0.5, 0.6) is 0 Å². The second-order valence-corrected chi connectivity index (χ2v) is 5.98. The van der Waals surface area contributed by atoms with E-state index < -0.39 is 0 Å². The van der Waals surface area contributed by atoms with Crippen LogP contribution in [0, 0.1) is 5.82 Å². The fraction of sp³-hybridized carbons (Fsp3) is 0.111. The highest BCUT2D eigenvalue weighted by atomic mass is 32.1. The van der Waals surface area contributed by atoms with Gasteiger partial charge in [0.1, 0.15) is 12.1 Å². The molecule has 0 bridgehead atoms. The average Bonchev–Trinajstić information content (AvgIpc) is 3.04. The highest BCUT2D eigenvalue weighted by molar-refractivity contribution is 7.80. The SMILES string of the molecule is CC(=O)c1cccc(NC(=S)Nc2ncn(Cc3ccccc3F)n2)c1. The molecule has 0 unspecified atom stereocenters. The maximum Gasteiger partial charge on any atom is 0.248 e. The molecule has 0 amide bonds. The first-order valence-electron chi connectivity index (χ1n) is 7.83. The van der Waals surface area contributed by atoms with Gasteiger partial charge in [0.25, 0.3) is 0 Å². The van der Waals surface area contributed by atoms with Gasteiger partial charge in [-0.2, -0.15) is 0 Å². The van der Waals surface area contributed by atoms with Crippen molar-refractivity contribution in [2.75, 3.05) is 10.6 Å². The molecular formula is C18H16FN5OS. The van der Waals surface area contributed by atoms with Gasteiger partial charge in [0.2, 0.25) is 5.95 Å². The minimum absolute atomic E-state index is 0.0268. The van der Waals surface area contributed by atoms with Crippen molar-refractivity contribution in [1.82, 2.24) is 14.8 Å². The van der Waals surface area contributed by atoms with Gasteiger partial charge in [-0.15, -0.1) is 5.10 Å². The van der Waals surface area contributed by atoms with Gasteiger partial charge in [-0.25, -0.2) is 14.1 Å². The summed E-state index contributed by atoms with van der Waals surface area (Å²) in [5.74, 6) is -0.0253. The Bertz CT molecular complexity index is 956. The number of anilines is 2. The smallest absolute Gasteiger partial charge is 0.248 e. The van der Waals surface area contributed by atoms with Crippen LogP contribution in [0.1, 0.15) is 22.8 Å². The first-order valence-corrected chi connectivity index (χ1v) is 8.24. The molecule has 0 saturated carbocycles. The van der Waals surface area contributed by atoms with E-state index in [1.54, 1.807) is 42.5 Å². The molecule has 2 N–H and O–H groups in total. The quantitative estimate of drug-likeness (QED) is 0.530. The molecule has 1 heterocycles. The van der Waals surface area contributed by atoms with Crippen LogP contribution >= 0.6 is 12.2 Å². The molecule has 0 aliphatic rings. The van der Waals surface area contributed by atoms with E-state index in [0.717, 1.165) is 0 Å². The number of benzene rings is 2. The van der Waals surface area contributed by atoms with E-state index in [9.17, 15) is 9.18 Å². The molecular weight excluding hydrogens is 353 g/mol. The van der Waals surface area contributed by atoms with Gasteiger partial charge in [-0.1, -0.05) is 30.3 Å². The Balaban J connectivity index is 1.62. The van der Waals surface area contributed by atoms with Crippen molar-refractivity contribution < 1.29 is 9.18 Å². The molecule has 6 nitrogen and oxygen atoms in total. The first kappa shape index (κ1) is 17.7. The monoisotopic (exact) mass is 369 g/mol. The third-order valence-electron chi connectivity index (χ3n) is 3.58. The highest BCUT2D eigenvalue weighted by Crippen LogP contribution is 2.12. The van der Waals surface area contributed by atoms with Crippen molar-refractivity contribution in [3.63, 3.8) is 0 Å². The zero-order chi connectivity index (χ0) is 18.5. The molecule has 3 rings (SSSR count). The lowest BCUT2D eigenvalue weighted by Crippen LogP contribution is -2.20. The van der Waals surface area contributed by atoms with E-state index >= 15 is 0 Å². The minimum Gasteiger partial charge on any atom is -0.332 e. The van der Waals surface area contributed by atoms with Crippen LogP contribution in [0.2, 0.25) is 0 Å². The number of nitrogens with one attached hydrogen (secondary N) is 2. The summed E-state index contributed by atoms with van der Waals surface area (Å²) in [5, 5.41) is 10.3. The van der Waals surface area contributed by atoms with E-state index in [0.29, 0.717) is 22.8 Å². The molecule has 1 aromatic heterocycles. The largest absolute Gasteiger partial charge is 0.332 e. The molecule has 8 heteroatoms. The molecule has 0 atom stereocenters. The van der Waals surface area contributed by atoms with Gasteiger partial charge in [0, 0.05) is 16.8 Å². The summed E-state index contributed by atoms with van der Waals surface area (Å²) in [6.07, 6.45) is 1.49. The number of ketones is 1. The van der Waals surface area contributed by atoms with Crippen molar-refractivity contribution in [1.29, 1.82) is 0 Å². The lowest BCUT2D eigenvalue weighted by atomic mass is 10.1. The lowest BCUT2D eigenvalue weighted by molar-refractivity contribution is 0.101. The summed E-state index contributed by atoms with van der Waals surface area (Å²) in [4.78, 5) is 15.5. The number of nitrogens with zero attached hydrogens (tertiary/aromatic N) is 3. The summed E-state index contributed by atoms with van der Waals surface area (Å²) in [6.45, 7) is 1.77. The average molecular weight is 369 g/mol. The number of thiocarbonyl (C=S) groups is 1. The highest BCUT2D eigenvalue weighted by Gasteiger charge is 2.07. The van der Waals surface area contributed by atoms with Gasteiger partial charge in [0.05, 0.1) is 6.54 Å². The lowest BCUT2D eigenvalue weighted by Gasteiger charge is -2.08. The summed E-state index contributed by atoms with van der Waals surface area (Å²) in [7, 11) is 0. The second kappa shape index (κ2) is 7.83. The van der Waals surface area contributed by atoms with Crippen molar-refractivity contribution in [2.45, 2.75) is 13.5 Å². The molecule has 0 aliphatic carbocycles. The van der Waals surface area contributed by atoms with Gasteiger partial charge in [0.15, 0.2) is 10.9 Å². The molecule has 2 aromatic carbocycles. The fourth-order valence-electron chi connectivity index (χ4n) is 2.31. The molecule has 0 saturated heterocycles. The first-order chi connectivity index (χ1) is 12.5. The maximum absolute atomic E-state index is 13.7. The normalized spacial score (nSPS) is 10.4. The maximum atomic E-state index is 13.7. The van der Waals surface area contributed by atoms with E-state index in [2.05, 4.69) is 20.7 Å². The molecule has 3 aromatic rings. The predicted molar refractivity (Wildman–Crippen MR) is 102 cm³/mol. The van der Waals surface area contributed by atoms with Crippen molar-refractivity contribution >= 4 is 34.7 Å². The number of carbonyl (C=O) groups excluding carboxylic acids is 1.